The van der Waals surface area contributed by atoms with Crippen LogP contribution in [-0.2, 0) is 0 Å². The number of rotatable bonds is 2. The van der Waals surface area contributed by atoms with E-state index in [4.69, 9.17) is 20.5 Å². The van der Waals surface area contributed by atoms with Crippen molar-refractivity contribution >= 4 is 17.3 Å². The molecular weight excluding hydrogens is 164 g/mol. The summed E-state index contributed by atoms with van der Waals surface area (Å²) in [5.41, 5.74) is 0.487. The van der Waals surface area contributed by atoms with Crippen LogP contribution in [0.1, 0.15) is 4.11 Å². The summed E-state index contributed by atoms with van der Waals surface area (Å²) in [6.45, 7) is 0. The second-order valence-electron chi connectivity index (χ2n) is 1.86. The Hall–Kier alpha value is -0.960. The summed E-state index contributed by atoms with van der Waals surface area (Å²) in [7, 11) is -0.848. The van der Waals surface area contributed by atoms with Gasteiger partial charge in [-0.15, -0.1) is 0 Å². The lowest BCUT2D eigenvalue weighted by molar-refractivity contribution is 0.415. The molecule has 0 saturated heterocycles. The molecule has 0 aliphatic carbocycles. The highest BCUT2D eigenvalue weighted by atomic mass is 35.5. The van der Waals surface area contributed by atoms with Crippen molar-refractivity contribution in [1.29, 1.82) is 0 Å². The smallest absolute Gasteiger partial charge is 0.160 e. The summed E-state index contributed by atoms with van der Waals surface area (Å²) in [4.78, 5) is 3.72. The molecule has 4 heteroatoms. The van der Waals surface area contributed by atoms with Gasteiger partial charge in [0.15, 0.2) is 5.75 Å². The van der Waals surface area contributed by atoms with Gasteiger partial charge in [0.05, 0.1) is 23.0 Å². The van der Waals surface area contributed by atoms with Crippen molar-refractivity contribution in [3.05, 3.63) is 17.4 Å². The second-order valence-corrected chi connectivity index (χ2v) is 2.24. The third-order valence-electron chi connectivity index (χ3n) is 1.21. The lowest BCUT2D eigenvalue weighted by Crippen LogP contribution is -1.94. The molecule has 1 aromatic rings. The van der Waals surface area contributed by atoms with E-state index in [9.17, 15) is 0 Å². The predicted octanol–water partition coefficient (Wildman–Crippen LogP) is 1.79. The molecule has 1 rings (SSSR count). The number of nitrogens with zero attached hydrogens (tertiary/aromatic N) is 1. The van der Waals surface area contributed by atoms with Crippen LogP contribution in [0.15, 0.2) is 12.3 Å². The number of ether oxygens (including phenoxy) is 1. The molecule has 1 heterocycles. The van der Waals surface area contributed by atoms with E-state index in [1.54, 1.807) is 7.05 Å². The Morgan fingerprint density at radius 3 is 3.27 bits per heavy atom. The highest BCUT2D eigenvalue weighted by Crippen LogP contribution is 2.24. The maximum absolute atomic E-state index is 6.92. The van der Waals surface area contributed by atoms with E-state index in [2.05, 4.69) is 10.3 Å². The van der Waals surface area contributed by atoms with Crippen LogP contribution in [0.5, 0.6) is 5.75 Å². The fraction of sp³-hybridized carbons (Fsp3) is 0.286. The topological polar surface area (TPSA) is 34.1 Å². The van der Waals surface area contributed by atoms with Crippen molar-refractivity contribution in [2.45, 2.75) is 0 Å². The molecule has 3 nitrogen and oxygen atoms in total. The first-order chi connectivity index (χ1) is 6.42. The van der Waals surface area contributed by atoms with Crippen LogP contribution >= 0.6 is 11.6 Å². The van der Waals surface area contributed by atoms with Gasteiger partial charge in [0.2, 0.25) is 0 Å². The number of anilines is 1. The summed E-state index contributed by atoms with van der Waals surface area (Å²) >= 11 is 5.62. The SMILES string of the molecule is [2H]C([2H])([2H])Oc1cnc(Cl)cc1NC. The van der Waals surface area contributed by atoms with Gasteiger partial charge in [-0.2, -0.15) is 0 Å². The summed E-state index contributed by atoms with van der Waals surface area (Å²) in [5.74, 6) is 0.150. The fourth-order valence-corrected chi connectivity index (χ4v) is 0.852. The molecular formula is C7H9ClN2O. The van der Waals surface area contributed by atoms with E-state index in [1.165, 1.54) is 12.3 Å². The van der Waals surface area contributed by atoms with Crippen molar-refractivity contribution in [2.75, 3.05) is 19.4 Å². The molecule has 0 atom stereocenters. The Bertz CT molecular complexity index is 329. The number of methoxy groups -OCH3 is 1. The fourth-order valence-electron chi connectivity index (χ4n) is 0.694. The van der Waals surface area contributed by atoms with E-state index in [0.717, 1.165) is 0 Å². The largest absolute Gasteiger partial charge is 0.493 e. The molecule has 0 aliphatic heterocycles. The maximum atomic E-state index is 6.92. The minimum absolute atomic E-state index is 0.150. The third-order valence-corrected chi connectivity index (χ3v) is 1.42. The van der Waals surface area contributed by atoms with Crippen molar-refractivity contribution in [2.24, 2.45) is 0 Å². The Labute approximate surface area is 74.6 Å². The van der Waals surface area contributed by atoms with Gasteiger partial charge in [0.25, 0.3) is 0 Å². The number of hydrogen-bond acceptors (Lipinski definition) is 3. The Morgan fingerprint density at radius 2 is 2.64 bits per heavy atom. The average Bonchev–Trinajstić information content (AvgIpc) is 2.06. The zero-order valence-electron chi connectivity index (χ0n) is 8.89. The summed E-state index contributed by atoms with van der Waals surface area (Å²) in [6.07, 6.45) is 1.26. The van der Waals surface area contributed by atoms with Gasteiger partial charge in [-0.25, -0.2) is 4.98 Å². The molecule has 0 bridgehead atoms. The summed E-state index contributed by atoms with van der Waals surface area (Å²) in [5, 5.41) is 3.03. The molecule has 0 spiro atoms. The van der Waals surface area contributed by atoms with E-state index < -0.39 is 7.04 Å². The summed E-state index contributed by atoms with van der Waals surface area (Å²) < 4.78 is 25.4. The molecule has 0 radical (unpaired) electrons. The molecule has 1 aromatic heterocycles. The zero-order chi connectivity index (χ0) is 10.8. The first kappa shape index (κ1) is 4.83. The van der Waals surface area contributed by atoms with Crippen molar-refractivity contribution < 1.29 is 8.85 Å². The molecule has 0 saturated carbocycles. The van der Waals surface area contributed by atoms with Gasteiger partial charge in [-0.1, -0.05) is 11.6 Å². The van der Waals surface area contributed by atoms with Crippen molar-refractivity contribution in [1.82, 2.24) is 4.98 Å². The number of hydrogen-bond donors (Lipinski definition) is 1. The molecule has 0 fully saturated rings. The second kappa shape index (κ2) is 3.44. The van der Waals surface area contributed by atoms with Crippen LogP contribution in [0, 0.1) is 0 Å². The monoisotopic (exact) mass is 175 g/mol. The van der Waals surface area contributed by atoms with E-state index in [0.29, 0.717) is 5.69 Å². The molecule has 60 valence electrons. The van der Waals surface area contributed by atoms with Gasteiger partial charge < -0.3 is 10.1 Å². The van der Waals surface area contributed by atoms with Gasteiger partial charge in [-0.05, 0) is 0 Å². The highest BCUT2D eigenvalue weighted by Gasteiger charge is 2.00. The van der Waals surface area contributed by atoms with Gasteiger partial charge in [0, 0.05) is 13.1 Å². The van der Waals surface area contributed by atoms with E-state index in [1.807, 2.05) is 0 Å². The lowest BCUT2D eigenvalue weighted by atomic mass is 10.4. The van der Waals surface area contributed by atoms with Crippen LogP contribution in [0.2, 0.25) is 5.15 Å². The highest BCUT2D eigenvalue weighted by molar-refractivity contribution is 6.29. The number of nitrogens with one attached hydrogen (secondary N) is 1. The predicted molar refractivity (Wildman–Crippen MR) is 45.3 cm³/mol. The van der Waals surface area contributed by atoms with E-state index >= 15 is 0 Å². The average molecular weight is 176 g/mol. The standard InChI is InChI=1S/C7H9ClN2O/c1-9-5-3-7(8)10-4-6(5)11-2/h3-4H,1-2H3,(H,9,10)/i2D3. The molecule has 0 unspecified atom stereocenters. The van der Waals surface area contributed by atoms with Gasteiger partial charge in [-0.3, -0.25) is 0 Å². The normalized spacial score (nSPS) is 14.5. The van der Waals surface area contributed by atoms with Crippen molar-refractivity contribution in [3.63, 3.8) is 0 Å². The Morgan fingerprint density at radius 1 is 1.82 bits per heavy atom. The molecule has 11 heavy (non-hydrogen) atoms. The van der Waals surface area contributed by atoms with Crippen LogP contribution in [0.3, 0.4) is 0 Å². The minimum atomic E-state index is -2.49. The number of halogens is 1. The maximum Gasteiger partial charge on any atom is 0.160 e. The summed E-state index contributed by atoms with van der Waals surface area (Å²) in [6, 6.07) is 1.49. The van der Waals surface area contributed by atoms with Crippen LogP contribution in [-0.4, -0.2) is 19.1 Å². The van der Waals surface area contributed by atoms with Gasteiger partial charge in [0.1, 0.15) is 5.15 Å². The quantitative estimate of drug-likeness (QED) is 0.696. The molecule has 0 aliphatic rings. The third kappa shape index (κ3) is 1.74. The molecule has 1 N–H and O–H groups in total. The first-order valence-corrected chi connectivity index (χ1v) is 3.32. The zero-order valence-corrected chi connectivity index (χ0v) is 6.64. The molecule has 0 amide bonds. The Kier molecular flexibility index (Phi) is 1.51. The van der Waals surface area contributed by atoms with Crippen molar-refractivity contribution in [3.8, 4) is 5.75 Å². The lowest BCUT2D eigenvalue weighted by Gasteiger charge is -2.06. The van der Waals surface area contributed by atoms with Crippen LogP contribution in [0.4, 0.5) is 5.69 Å². The first-order valence-electron chi connectivity index (χ1n) is 4.45. The molecule has 0 aromatic carbocycles. The Balaban J connectivity index is 2.97. The van der Waals surface area contributed by atoms with E-state index in [-0.39, 0.29) is 10.9 Å². The van der Waals surface area contributed by atoms with Crippen LogP contribution in [0.25, 0.3) is 0 Å². The number of pyridine rings is 1. The van der Waals surface area contributed by atoms with Gasteiger partial charge >= 0.3 is 0 Å². The van der Waals surface area contributed by atoms with Crippen LogP contribution < -0.4 is 10.1 Å². The minimum Gasteiger partial charge on any atom is -0.493 e. The number of aromatic nitrogens is 1.